The van der Waals surface area contributed by atoms with Crippen molar-refractivity contribution >= 4 is 9.84 Å². The number of alkyl halides is 3. The highest BCUT2D eigenvalue weighted by molar-refractivity contribution is 7.90. The van der Waals surface area contributed by atoms with E-state index in [-0.39, 0.29) is 16.8 Å². The molecule has 0 unspecified atom stereocenters. The first-order valence-corrected chi connectivity index (χ1v) is 9.36. The summed E-state index contributed by atoms with van der Waals surface area (Å²) in [6.45, 7) is 1.70. The number of aryl methyl sites for hydroxylation is 1. The lowest BCUT2D eigenvalue weighted by atomic mass is 9.99. The maximum atomic E-state index is 14.2. The van der Waals surface area contributed by atoms with E-state index in [9.17, 15) is 26.0 Å². The molecular weight excluding hydrogens is 388 g/mol. The minimum absolute atomic E-state index is 0.176. The van der Waals surface area contributed by atoms with E-state index in [1.54, 1.807) is 13.0 Å². The van der Waals surface area contributed by atoms with Gasteiger partial charge in [0.05, 0.1) is 5.56 Å². The van der Waals surface area contributed by atoms with Gasteiger partial charge in [0, 0.05) is 24.2 Å². The molecule has 3 rings (SSSR count). The monoisotopic (exact) mass is 400 g/mol. The van der Waals surface area contributed by atoms with Crippen LogP contribution in [0.15, 0.2) is 46.1 Å². The molecular formula is C17H12F4N2O3S. The summed E-state index contributed by atoms with van der Waals surface area (Å²) in [4.78, 5) is 3.30. The Morgan fingerprint density at radius 2 is 1.78 bits per heavy atom. The van der Waals surface area contributed by atoms with Crippen molar-refractivity contribution in [2.75, 3.05) is 6.26 Å². The quantitative estimate of drug-likeness (QED) is 0.614. The maximum absolute atomic E-state index is 14.2. The first kappa shape index (κ1) is 19.0. The van der Waals surface area contributed by atoms with Gasteiger partial charge in [0.1, 0.15) is 16.4 Å². The van der Waals surface area contributed by atoms with E-state index in [4.69, 9.17) is 0 Å². The van der Waals surface area contributed by atoms with E-state index in [0.29, 0.717) is 11.6 Å². The van der Waals surface area contributed by atoms with Crippen LogP contribution < -0.4 is 0 Å². The van der Waals surface area contributed by atoms with E-state index in [2.05, 4.69) is 14.7 Å². The van der Waals surface area contributed by atoms with Crippen molar-refractivity contribution < 1.29 is 30.5 Å². The molecule has 0 aliphatic heterocycles. The number of sulfone groups is 1. The lowest BCUT2D eigenvalue weighted by Gasteiger charge is -2.09. The molecule has 0 aliphatic rings. The molecule has 2 aromatic heterocycles. The Morgan fingerprint density at radius 1 is 1.07 bits per heavy atom. The molecule has 3 aromatic rings. The summed E-state index contributed by atoms with van der Waals surface area (Å²) < 4.78 is 81.9. The fourth-order valence-electron chi connectivity index (χ4n) is 2.59. The molecule has 2 heterocycles. The number of rotatable bonds is 3. The Morgan fingerprint density at radius 3 is 2.33 bits per heavy atom. The summed E-state index contributed by atoms with van der Waals surface area (Å²) in [5.74, 6) is -2.58. The van der Waals surface area contributed by atoms with Crippen LogP contribution >= 0.6 is 0 Å². The average molecular weight is 400 g/mol. The fourth-order valence-corrected chi connectivity index (χ4v) is 3.32. The number of hydrogen-bond donors (Lipinski definition) is 0. The van der Waals surface area contributed by atoms with Crippen LogP contribution in [0, 0.1) is 12.7 Å². The van der Waals surface area contributed by atoms with Crippen LogP contribution in [0.25, 0.3) is 22.4 Å². The Balaban J connectivity index is 2.28. The van der Waals surface area contributed by atoms with Crippen LogP contribution in [0.2, 0.25) is 0 Å². The number of halogens is 4. The molecule has 0 saturated heterocycles. The van der Waals surface area contributed by atoms with Crippen molar-refractivity contribution in [3.05, 3.63) is 53.8 Å². The third-order valence-electron chi connectivity index (χ3n) is 3.72. The second-order valence-electron chi connectivity index (χ2n) is 5.90. The average Bonchev–Trinajstić information content (AvgIpc) is 2.98. The van der Waals surface area contributed by atoms with Gasteiger partial charge in [-0.1, -0.05) is 11.2 Å². The van der Waals surface area contributed by atoms with Crippen LogP contribution in [-0.2, 0) is 16.0 Å². The molecule has 1 aromatic carbocycles. The summed E-state index contributed by atoms with van der Waals surface area (Å²) in [6, 6.07) is 4.25. The molecule has 0 bridgehead atoms. The first-order chi connectivity index (χ1) is 12.5. The number of aromatic nitrogens is 2. The van der Waals surface area contributed by atoms with Crippen LogP contribution in [0.3, 0.4) is 0 Å². The molecule has 0 atom stereocenters. The number of benzene rings is 1. The molecule has 5 nitrogen and oxygen atoms in total. The molecule has 0 amide bonds. The van der Waals surface area contributed by atoms with Crippen molar-refractivity contribution in [3.8, 4) is 22.4 Å². The van der Waals surface area contributed by atoms with Gasteiger partial charge < -0.3 is 4.52 Å². The Labute approximate surface area is 151 Å². The molecule has 10 heteroatoms. The second-order valence-corrected chi connectivity index (χ2v) is 7.89. The predicted octanol–water partition coefficient (Wildman–Crippen LogP) is 4.27. The summed E-state index contributed by atoms with van der Waals surface area (Å²) in [5, 5.41) is 3.50. The zero-order chi connectivity index (χ0) is 20.0. The van der Waals surface area contributed by atoms with Gasteiger partial charge in [-0.25, -0.2) is 12.8 Å². The normalized spacial score (nSPS) is 12.4. The van der Waals surface area contributed by atoms with E-state index in [0.717, 1.165) is 18.4 Å². The SMILES string of the molecule is Cc1cncc(-c2noc(C(F)(F)F)c2-c2ccc(S(C)(=O)=O)c(F)c2)c1. The summed E-state index contributed by atoms with van der Waals surface area (Å²) in [5.41, 5.74) is 0.0364. The van der Waals surface area contributed by atoms with Crippen LogP contribution in [0.5, 0.6) is 0 Å². The van der Waals surface area contributed by atoms with Crippen molar-refractivity contribution in [1.29, 1.82) is 0 Å². The Kier molecular flexibility index (Phi) is 4.54. The van der Waals surface area contributed by atoms with Crippen molar-refractivity contribution in [3.63, 3.8) is 0 Å². The highest BCUT2D eigenvalue weighted by Gasteiger charge is 2.41. The van der Waals surface area contributed by atoms with Gasteiger partial charge in [0.25, 0.3) is 0 Å². The zero-order valence-corrected chi connectivity index (χ0v) is 14.8. The predicted molar refractivity (Wildman–Crippen MR) is 88.0 cm³/mol. The first-order valence-electron chi connectivity index (χ1n) is 7.47. The van der Waals surface area contributed by atoms with Crippen LogP contribution in [0.4, 0.5) is 17.6 Å². The minimum atomic E-state index is -4.89. The summed E-state index contributed by atoms with van der Waals surface area (Å²) in [6.07, 6.45) is -1.27. The van der Waals surface area contributed by atoms with Gasteiger partial charge in [-0.2, -0.15) is 13.2 Å². The topological polar surface area (TPSA) is 73.1 Å². The summed E-state index contributed by atoms with van der Waals surface area (Å²) >= 11 is 0. The number of nitrogens with zero attached hydrogens (tertiary/aromatic N) is 2. The van der Waals surface area contributed by atoms with Crippen molar-refractivity contribution in [2.45, 2.75) is 18.0 Å². The smallest absolute Gasteiger partial charge is 0.350 e. The fraction of sp³-hybridized carbons (Fsp3) is 0.176. The van der Waals surface area contributed by atoms with E-state index in [1.165, 1.54) is 12.4 Å². The third kappa shape index (κ3) is 3.70. The molecule has 0 fully saturated rings. The van der Waals surface area contributed by atoms with Gasteiger partial charge in [-0.05, 0) is 36.2 Å². The number of pyridine rings is 1. The van der Waals surface area contributed by atoms with Gasteiger partial charge in [0.2, 0.25) is 5.76 Å². The van der Waals surface area contributed by atoms with Gasteiger partial charge >= 0.3 is 6.18 Å². The minimum Gasteiger partial charge on any atom is -0.350 e. The van der Waals surface area contributed by atoms with Crippen molar-refractivity contribution in [2.24, 2.45) is 0 Å². The lowest BCUT2D eigenvalue weighted by Crippen LogP contribution is -2.06. The molecule has 142 valence electrons. The van der Waals surface area contributed by atoms with Crippen molar-refractivity contribution in [1.82, 2.24) is 10.1 Å². The molecule has 0 aliphatic carbocycles. The van der Waals surface area contributed by atoms with E-state index in [1.807, 2.05) is 0 Å². The van der Waals surface area contributed by atoms with Gasteiger partial charge in [-0.15, -0.1) is 0 Å². The zero-order valence-electron chi connectivity index (χ0n) is 14.0. The largest absolute Gasteiger partial charge is 0.453 e. The van der Waals surface area contributed by atoms with E-state index >= 15 is 0 Å². The summed E-state index contributed by atoms with van der Waals surface area (Å²) in [7, 11) is -3.87. The molecule has 0 spiro atoms. The molecule has 0 radical (unpaired) electrons. The standard InChI is InChI=1S/C17H12F4N2O3S/c1-9-5-11(8-22-7-9)15-14(16(26-23-15)17(19,20)21)10-3-4-13(12(18)6-10)27(2,24)25/h3-8H,1-2H3. The second kappa shape index (κ2) is 6.45. The molecule has 0 saturated carbocycles. The maximum Gasteiger partial charge on any atom is 0.453 e. The van der Waals surface area contributed by atoms with Gasteiger partial charge in [0.15, 0.2) is 9.84 Å². The Bertz CT molecular complexity index is 1120. The third-order valence-corrected chi connectivity index (χ3v) is 4.85. The van der Waals surface area contributed by atoms with Gasteiger partial charge in [-0.3, -0.25) is 4.98 Å². The number of hydrogen-bond acceptors (Lipinski definition) is 5. The van der Waals surface area contributed by atoms with Crippen LogP contribution in [0.1, 0.15) is 11.3 Å². The Hall–Kier alpha value is -2.75. The lowest BCUT2D eigenvalue weighted by molar-refractivity contribution is -0.154. The highest BCUT2D eigenvalue weighted by atomic mass is 32.2. The van der Waals surface area contributed by atoms with E-state index < -0.39 is 38.0 Å². The highest BCUT2D eigenvalue weighted by Crippen LogP contribution is 2.43. The molecule has 0 N–H and O–H groups in total. The van der Waals surface area contributed by atoms with Crippen LogP contribution in [-0.4, -0.2) is 24.8 Å². The molecule has 27 heavy (non-hydrogen) atoms.